The lowest BCUT2D eigenvalue weighted by Gasteiger charge is -2.08. The van der Waals surface area contributed by atoms with Crippen LogP contribution in [0.5, 0.6) is 5.75 Å². The molecule has 1 N–H and O–H groups in total. The Morgan fingerprint density at radius 2 is 2.07 bits per heavy atom. The van der Waals surface area contributed by atoms with Gasteiger partial charge in [-0.25, -0.2) is 4.79 Å². The predicted octanol–water partition coefficient (Wildman–Crippen LogP) is 3.09. The molecule has 3 aromatic rings. The number of carbonyl (C=O) groups excluding carboxylic acids is 2. The average molecular weight is 399 g/mol. The number of nitrogens with zero attached hydrogens (tertiary/aromatic N) is 2. The van der Waals surface area contributed by atoms with E-state index < -0.39 is 5.97 Å². The fraction of sp³-hybridized carbons (Fsp3) is 0.263. The van der Waals surface area contributed by atoms with E-state index in [1.165, 1.54) is 24.8 Å². The first kappa shape index (κ1) is 18.2. The van der Waals surface area contributed by atoms with E-state index >= 15 is 0 Å². The predicted molar refractivity (Wildman–Crippen MR) is 102 cm³/mol. The van der Waals surface area contributed by atoms with E-state index in [1.54, 1.807) is 24.3 Å². The highest BCUT2D eigenvalue weighted by molar-refractivity contribution is 7.17. The van der Waals surface area contributed by atoms with Crippen LogP contribution < -0.4 is 10.1 Å². The second-order valence-corrected chi connectivity index (χ2v) is 7.26. The van der Waals surface area contributed by atoms with Crippen LogP contribution in [0.3, 0.4) is 0 Å². The Kier molecular flexibility index (Phi) is 5.07. The minimum atomic E-state index is -0.424. The first-order chi connectivity index (χ1) is 13.7. The lowest BCUT2D eigenvalue weighted by atomic mass is 10.1. The Hall–Kier alpha value is -3.20. The number of amides is 1. The molecule has 0 spiro atoms. The molecule has 0 saturated heterocycles. The number of thiophene rings is 1. The molecule has 1 amide bonds. The first-order valence-corrected chi connectivity index (χ1v) is 9.49. The van der Waals surface area contributed by atoms with Crippen LogP contribution in [-0.4, -0.2) is 35.8 Å². The number of carbonyl (C=O) groups is 2. The lowest BCUT2D eigenvalue weighted by molar-refractivity contribution is -0.118. The largest absolute Gasteiger partial charge is 0.484 e. The number of anilines is 1. The van der Waals surface area contributed by atoms with Crippen LogP contribution in [0.1, 0.15) is 27.2 Å². The summed E-state index contributed by atoms with van der Waals surface area (Å²) < 4.78 is 15.5. The molecule has 8 nitrogen and oxygen atoms in total. The molecule has 1 aromatic carbocycles. The number of aryl methyl sites for hydroxylation is 1. The molecule has 0 aliphatic heterocycles. The van der Waals surface area contributed by atoms with E-state index in [0.29, 0.717) is 22.2 Å². The van der Waals surface area contributed by atoms with Crippen molar-refractivity contribution < 1.29 is 23.5 Å². The normalized spacial score (nSPS) is 12.5. The molecule has 0 bridgehead atoms. The van der Waals surface area contributed by atoms with Crippen molar-refractivity contribution in [1.82, 2.24) is 10.2 Å². The van der Waals surface area contributed by atoms with E-state index in [4.69, 9.17) is 13.9 Å². The Labute approximate surface area is 164 Å². The first-order valence-electron chi connectivity index (χ1n) is 8.68. The summed E-state index contributed by atoms with van der Waals surface area (Å²) in [5.74, 6) is 0.170. The van der Waals surface area contributed by atoms with Crippen LogP contribution in [0, 0.1) is 0 Å². The zero-order valence-electron chi connectivity index (χ0n) is 15.1. The fourth-order valence-electron chi connectivity index (χ4n) is 3.11. The number of hydrogen-bond acceptors (Lipinski definition) is 8. The SMILES string of the molecule is COC(=O)c1c(NC(=O)COc2ccc(-c3nnco3)cc2)sc2c1CCC2. The number of fused-ring (bicyclic) bond motifs is 1. The number of benzene rings is 1. The van der Waals surface area contributed by atoms with E-state index in [-0.39, 0.29) is 12.5 Å². The minimum absolute atomic E-state index is 0.177. The van der Waals surface area contributed by atoms with Crippen LogP contribution in [0.2, 0.25) is 0 Å². The molecule has 144 valence electrons. The molecule has 0 radical (unpaired) electrons. The van der Waals surface area contributed by atoms with Crippen molar-refractivity contribution in [2.75, 3.05) is 19.0 Å². The quantitative estimate of drug-likeness (QED) is 0.635. The number of ether oxygens (including phenoxy) is 2. The van der Waals surface area contributed by atoms with Crippen molar-refractivity contribution in [2.45, 2.75) is 19.3 Å². The monoisotopic (exact) mass is 399 g/mol. The van der Waals surface area contributed by atoms with Crippen LogP contribution in [0.25, 0.3) is 11.5 Å². The summed E-state index contributed by atoms with van der Waals surface area (Å²) in [6, 6.07) is 6.96. The van der Waals surface area contributed by atoms with Crippen molar-refractivity contribution >= 4 is 28.2 Å². The average Bonchev–Trinajstić information content (AvgIpc) is 3.44. The molecule has 0 fully saturated rings. The minimum Gasteiger partial charge on any atom is -0.484 e. The molecule has 1 aliphatic carbocycles. The van der Waals surface area contributed by atoms with Gasteiger partial charge in [0.25, 0.3) is 5.91 Å². The van der Waals surface area contributed by atoms with Crippen molar-refractivity contribution in [1.29, 1.82) is 0 Å². The summed E-state index contributed by atoms with van der Waals surface area (Å²) >= 11 is 1.43. The molecule has 4 rings (SSSR count). The van der Waals surface area contributed by atoms with Crippen LogP contribution >= 0.6 is 11.3 Å². The van der Waals surface area contributed by atoms with Gasteiger partial charge in [-0.05, 0) is 49.1 Å². The molecule has 28 heavy (non-hydrogen) atoms. The highest BCUT2D eigenvalue weighted by atomic mass is 32.1. The Balaban J connectivity index is 1.39. The number of hydrogen-bond donors (Lipinski definition) is 1. The summed E-state index contributed by atoms with van der Waals surface area (Å²) in [4.78, 5) is 25.6. The maximum absolute atomic E-state index is 12.3. The molecule has 1 aliphatic rings. The second kappa shape index (κ2) is 7.81. The van der Waals surface area contributed by atoms with Crippen molar-refractivity contribution in [3.8, 4) is 17.2 Å². The van der Waals surface area contributed by atoms with Gasteiger partial charge in [0.15, 0.2) is 6.61 Å². The molecule has 0 atom stereocenters. The van der Waals surface area contributed by atoms with Gasteiger partial charge in [-0.3, -0.25) is 4.79 Å². The van der Waals surface area contributed by atoms with Crippen LogP contribution in [0.4, 0.5) is 5.00 Å². The third-order valence-corrected chi connectivity index (χ3v) is 5.60. The zero-order valence-corrected chi connectivity index (χ0v) is 15.9. The summed E-state index contributed by atoms with van der Waals surface area (Å²) in [7, 11) is 1.34. The highest BCUT2D eigenvalue weighted by Gasteiger charge is 2.28. The molecule has 9 heteroatoms. The van der Waals surface area contributed by atoms with Crippen LogP contribution in [-0.2, 0) is 22.4 Å². The summed E-state index contributed by atoms with van der Waals surface area (Å²) in [6.07, 6.45) is 4.02. The Bertz CT molecular complexity index is 996. The maximum atomic E-state index is 12.3. The lowest BCUT2D eigenvalue weighted by Crippen LogP contribution is -2.21. The van der Waals surface area contributed by atoms with Crippen molar-refractivity contribution in [3.05, 3.63) is 46.7 Å². The van der Waals surface area contributed by atoms with Gasteiger partial charge in [0.2, 0.25) is 12.3 Å². The van der Waals surface area contributed by atoms with Crippen molar-refractivity contribution in [3.63, 3.8) is 0 Å². The Morgan fingerprint density at radius 1 is 1.25 bits per heavy atom. The number of aromatic nitrogens is 2. The van der Waals surface area contributed by atoms with Gasteiger partial charge in [-0.2, -0.15) is 0 Å². The number of rotatable bonds is 6. The zero-order chi connectivity index (χ0) is 19.5. The summed E-state index contributed by atoms with van der Waals surface area (Å²) in [6.45, 7) is -0.177. The molecular formula is C19H17N3O5S. The van der Waals surface area contributed by atoms with Gasteiger partial charge >= 0.3 is 5.97 Å². The van der Waals surface area contributed by atoms with Gasteiger partial charge in [-0.15, -0.1) is 21.5 Å². The fourth-order valence-corrected chi connectivity index (χ4v) is 4.41. The van der Waals surface area contributed by atoms with E-state index in [1.807, 2.05) is 0 Å². The van der Waals surface area contributed by atoms with E-state index in [2.05, 4.69) is 15.5 Å². The topological polar surface area (TPSA) is 104 Å². The second-order valence-electron chi connectivity index (χ2n) is 6.16. The molecule has 2 aromatic heterocycles. The maximum Gasteiger partial charge on any atom is 0.341 e. The number of nitrogens with one attached hydrogen (secondary N) is 1. The summed E-state index contributed by atoms with van der Waals surface area (Å²) in [5, 5.41) is 10.8. The third-order valence-electron chi connectivity index (χ3n) is 4.40. The van der Waals surface area contributed by atoms with Gasteiger partial charge < -0.3 is 19.2 Å². The Morgan fingerprint density at radius 3 is 2.79 bits per heavy atom. The van der Waals surface area contributed by atoms with Gasteiger partial charge in [-0.1, -0.05) is 0 Å². The van der Waals surface area contributed by atoms with Gasteiger partial charge in [0, 0.05) is 10.4 Å². The van der Waals surface area contributed by atoms with Crippen LogP contribution in [0.15, 0.2) is 35.1 Å². The molecule has 2 heterocycles. The highest BCUT2D eigenvalue weighted by Crippen LogP contribution is 2.39. The molecule has 0 saturated carbocycles. The molecule has 0 unspecified atom stereocenters. The third kappa shape index (κ3) is 3.61. The molecular weight excluding hydrogens is 382 g/mol. The van der Waals surface area contributed by atoms with E-state index in [0.717, 1.165) is 35.3 Å². The number of esters is 1. The smallest absolute Gasteiger partial charge is 0.341 e. The van der Waals surface area contributed by atoms with Gasteiger partial charge in [0.1, 0.15) is 10.8 Å². The summed E-state index contributed by atoms with van der Waals surface area (Å²) in [5.41, 5.74) is 2.21. The van der Waals surface area contributed by atoms with E-state index in [9.17, 15) is 9.59 Å². The number of methoxy groups -OCH3 is 1. The standard InChI is InChI=1S/C19H17N3O5S/c1-25-19(24)16-13-3-2-4-14(13)28-18(16)21-15(23)9-26-12-7-5-11(6-8-12)17-22-20-10-27-17/h5-8,10H,2-4,9H2,1H3,(H,21,23). The van der Waals surface area contributed by atoms with Crippen molar-refractivity contribution in [2.24, 2.45) is 0 Å². The van der Waals surface area contributed by atoms with Gasteiger partial charge in [0.05, 0.1) is 12.7 Å².